The number of fused-ring (bicyclic) bond motifs is 1. The highest BCUT2D eigenvalue weighted by Gasteiger charge is 2.04. The first-order valence-electron chi connectivity index (χ1n) is 5.27. The van der Waals surface area contributed by atoms with E-state index in [-0.39, 0.29) is 0 Å². The highest BCUT2D eigenvalue weighted by atomic mass is 79.9. The molecule has 0 aliphatic rings. The second-order valence-corrected chi connectivity index (χ2v) is 4.67. The van der Waals surface area contributed by atoms with Crippen molar-refractivity contribution in [2.75, 3.05) is 0 Å². The molecule has 0 saturated carbocycles. The van der Waals surface area contributed by atoms with Crippen molar-refractivity contribution in [3.63, 3.8) is 0 Å². The van der Waals surface area contributed by atoms with Crippen LogP contribution in [0.2, 0.25) is 0 Å². The van der Waals surface area contributed by atoms with Gasteiger partial charge in [0.15, 0.2) is 0 Å². The van der Waals surface area contributed by atoms with Crippen LogP contribution in [0.15, 0.2) is 28.7 Å². The molecule has 0 aliphatic heterocycles. The van der Waals surface area contributed by atoms with Gasteiger partial charge in [0.05, 0.1) is 5.52 Å². The quantitative estimate of drug-likeness (QED) is 0.789. The first kappa shape index (κ1) is 10.6. The summed E-state index contributed by atoms with van der Waals surface area (Å²) in [5, 5.41) is 1.20. The number of aromatic nitrogens is 1. The molecule has 0 unspecified atom stereocenters. The van der Waals surface area contributed by atoms with Gasteiger partial charge in [0.25, 0.3) is 0 Å². The van der Waals surface area contributed by atoms with E-state index in [1.54, 1.807) is 0 Å². The van der Waals surface area contributed by atoms with Crippen LogP contribution in [-0.2, 0) is 6.42 Å². The number of para-hydroxylation sites is 1. The largest absolute Gasteiger partial charge is 0.252 e. The first-order chi connectivity index (χ1) is 7.22. The highest BCUT2D eigenvalue weighted by molar-refractivity contribution is 9.10. The normalized spacial score (nSPS) is 10.9. The summed E-state index contributed by atoms with van der Waals surface area (Å²) in [7, 11) is 0. The minimum absolute atomic E-state index is 1.04. The molecule has 2 heteroatoms. The van der Waals surface area contributed by atoms with Crippen LogP contribution in [0.3, 0.4) is 0 Å². The Balaban J connectivity index is 2.68. The van der Waals surface area contributed by atoms with Crippen LogP contribution in [0, 0.1) is 6.92 Å². The van der Waals surface area contributed by atoms with Gasteiger partial charge < -0.3 is 0 Å². The lowest BCUT2D eigenvalue weighted by molar-refractivity contribution is 0.888. The van der Waals surface area contributed by atoms with Gasteiger partial charge in [0.2, 0.25) is 0 Å². The zero-order chi connectivity index (χ0) is 10.8. The standard InChI is InChI=1S/C13H14BrN/c1-3-5-10-8-12(14)11-7-4-6-9(2)13(11)15-10/h4,6-8H,3,5H2,1-2H3. The van der Waals surface area contributed by atoms with E-state index in [0.29, 0.717) is 0 Å². The van der Waals surface area contributed by atoms with E-state index in [0.717, 1.165) is 22.8 Å². The molecule has 0 fully saturated rings. The van der Waals surface area contributed by atoms with Crippen LogP contribution in [0.1, 0.15) is 24.6 Å². The summed E-state index contributed by atoms with van der Waals surface area (Å²) < 4.78 is 1.15. The predicted octanol–water partition coefficient (Wildman–Crippen LogP) is 4.26. The van der Waals surface area contributed by atoms with E-state index >= 15 is 0 Å². The van der Waals surface area contributed by atoms with Gasteiger partial charge in [-0.15, -0.1) is 0 Å². The van der Waals surface area contributed by atoms with Crippen molar-refractivity contribution in [1.82, 2.24) is 4.98 Å². The van der Waals surface area contributed by atoms with Crippen molar-refractivity contribution in [3.05, 3.63) is 40.0 Å². The van der Waals surface area contributed by atoms with Gasteiger partial charge in [-0.05, 0) is 25.0 Å². The van der Waals surface area contributed by atoms with E-state index in [2.05, 4.69) is 54.0 Å². The van der Waals surface area contributed by atoms with Crippen LogP contribution >= 0.6 is 15.9 Å². The molecule has 1 aromatic heterocycles. The average Bonchev–Trinajstić information content (AvgIpc) is 2.20. The molecule has 0 N–H and O–H groups in total. The van der Waals surface area contributed by atoms with Crippen LogP contribution in [0.5, 0.6) is 0 Å². The van der Waals surface area contributed by atoms with Crippen LogP contribution < -0.4 is 0 Å². The number of nitrogens with zero attached hydrogens (tertiary/aromatic N) is 1. The lowest BCUT2D eigenvalue weighted by Gasteiger charge is -2.06. The second-order valence-electron chi connectivity index (χ2n) is 3.82. The Morgan fingerprint density at radius 3 is 2.87 bits per heavy atom. The predicted molar refractivity (Wildman–Crippen MR) is 68.2 cm³/mol. The molecule has 1 heterocycles. The van der Waals surface area contributed by atoms with Gasteiger partial charge in [0, 0.05) is 15.6 Å². The van der Waals surface area contributed by atoms with Gasteiger partial charge in [-0.2, -0.15) is 0 Å². The minimum Gasteiger partial charge on any atom is -0.252 e. The minimum atomic E-state index is 1.04. The lowest BCUT2D eigenvalue weighted by atomic mass is 10.1. The van der Waals surface area contributed by atoms with Gasteiger partial charge in [-0.1, -0.05) is 47.5 Å². The number of halogens is 1. The molecule has 0 bridgehead atoms. The SMILES string of the molecule is CCCc1cc(Br)c2cccc(C)c2n1. The molecule has 0 atom stereocenters. The fourth-order valence-corrected chi connectivity index (χ4v) is 2.37. The molecule has 2 rings (SSSR count). The van der Waals surface area contributed by atoms with Crippen LogP contribution in [0.4, 0.5) is 0 Å². The van der Waals surface area contributed by atoms with E-state index in [1.807, 2.05) is 0 Å². The summed E-state index contributed by atoms with van der Waals surface area (Å²) in [5.41, 5.74) is 3.53. The van der Waals surface area contributed by atoms with Crippen molar-refractivity contribution in [3.8, 4) is 0 Å². The maximum absolute atomic E-state index is 4.70. The zero-order valence-corrected chi connectivity index (χ0v) is 10.6. The third-order valence-corrected chi connectivity index (χ3v) is 3.21. The Morgan fingerprint density at radius 2 is 2.13 bits per heavy atom. The smallest absolute Gasteiger partial charge is 0.0745 e. The summed E-state index contributed by atoms with van der Waals surface area (Å²) in [5.74, 6) is 0. The molecule has 0 saturated heterocycles. The molecule has 0 spiro atoms. The molecule has 0 aliphatic carbocycles. The van der Waals surface area contributed by atoms with Crippen molar-refractivity contribution in [2.45, 2.75) is 26.7 Å². The van der Waals surface area contributed by atoms with E-state index in [4.69, 9.17) is 4.98 Å². The maximum Gasteiger partial charge on any atom is 0.0745 e. The topological polar surface area (TPSA) is 12.9 Å². The molecule has 1 nitrogen and oxygen atoms in total. The Labute approximate surface area is 98.7 Å². The number of benzene rings is 1. The monoisotopic (exact) mass is 263 g/mol. The van der Waals surface area contributed by atoms with E-state index in [1.165, 1.54) is 16.6 Å². The third-order valence-electron chi connectivity index (χ3n) is 2.55. The van der Waals surface area contributed by atoms with Crippen molar-refractivity contribution >= 4 is 26.8 Å². The molecule has 0 radical (unpaired) electrons. The third kappa shape index (κ3) is 2.05. The maximum atomic E-state index is 4.70. The number of hydrogen-bond acceptors (Lipinski definition) is 1. The molecule has 1 aromatic carbocycles. The van der Waals surface area contributed by atoms with E-state index in [9.17, 15) is 0 Å². The Hall–Kier alpha value is -0.890. The Bertz CT molecular complexity index is 491. The molecular weight excluding hydrogens is 250 g/mol. The van der Waals surface area contributed by atoms with Gasteiger partial charge in [0.1, 0.15) is 0 Å². The van der Waals surface area contributed by atoms with Gasteiger partial charge in [-0.25, -0.2) is 0 Å². The Morgan fingerprint density at radius 1 is 1.33 bits per heavy atom. The molecule has 78 valence electrons. The van der Waals surface area contributed by atoms with Crippen molar-refractivity contribution in [2.24, 2.45) is 0 Å². The summed E-state index contributed by atoms with van der Waals surface area (Å²) >= 11 is 3.61. The fraction of sp³-hybridized carbons (Fsp3) is 0.308. The van der Waals surface area contributed by atoms with Crippen molar-refractivity contribution < 1.29 is 0 Å². The number of rotatable bonds is 2. The highest BCUT2D eigenvalue weighted by Crippen LogP contribution is 2.25. The van der Waals surface area contributed by atoms with Gasteiger partial charge in [-0.3, -0.25) is 4.98 Å². The molecule has 2 aromatic rings. The molecular formula is C13H14BrN. The van der Waals surface area contributed by atoms with Crippen LogP contribution in [0.25, 0.3) is 10.9 Å². The number of pyridine rings is 1. The number of hydrogen-bond donors (Lipinski definition) is 0. The van der Waals surface area contributed by atoms with E-state index < -0.39 is 0 Å². The molecule has 15 heavy (non-hydrogen) atoms. The lowest BCUT2D eigenvalue weighted by Crippen LogP contribution is -1.92. The summed E-state index contributed by atoms with van der Waals surface area (Å²) in [4.78, 5) is 4.70. The Kier molecular flexibility index (Phi) is 3.06. The fourth-order valence-electron chi connectivity index (χ4n) is 1.78. The van der Waals surface area contributed by atoms with Gasteiger partial charge >= 0.3 is 0 Å². The summed E-state index contributed by atoms with van der Waals surface area (Å²) in [6.45, 7) is 4.29. The zero-order valence-electron chi connectivity index (χ0n) is 9.05. The number of aryl methyl sites for hydroxylation is 2. The van der Waals surface area contributed by atoms with Crippen molar-refractivity contribution in [1.29, 1.82) is 0 Å². The average molecular weight is 264 g/mol. The summed E-state index contributed by atoms with van der Waals surface area (Å²) in [6.07, 6.45) is 2.18. The first-order valence-corrected chi connectivity index (χ1v) is 6.06. The second kappa shape index (κ2) is 4.31. The molecule has 0 amide bonds. The van der Waals surface area contributed by atoms with Crippen LogP contribution in [-0.4, -0.2) is 4.98 Å². The summed E-state index contributed by atoms with van der Waals surface area (Å²) in [6, 6.07) is 8.42.